The number of hydrogen-bond donors (Lipinski definition) is 1. The first-order chi connectivity index (χ1) is 13.2. The van der Waals surface area contributed by atoms with Gasteiger partial charge in [0.15, 0.2) is 5.82 Å². The second kappa shape index (κ2) is 7.51. The van der Waals surface area contributed by atoms with Gasteiger partial charge in [0.1, 0.15) is 17.2 Å². The van der Waals surface area contributed by atoms with Crippen molar-refractivity contribution in [2.45, 2.75) is 6.42 Å². The molecule has 5 nitrogen and oxygen atoms in total. The monoisotopic (exact) mass is 378 g/mol. The van der Waals surface area contributed by atoms with Crippen LogP contribution in [0.3, 0.4) is 0 Å². The molecule has 134 valence electrons. The minimum absolute atomic E-state index is 0.0309. The SMILES string of the molecule is Oc1ccc(Oc2ccccc2)cc1-c1nc(Cc2ccccc2Cl)no1. The van der Waals surface area contributed by atoms with Gasteiger partial charge < -0.3 is 14.4 Å². The minimum Gasteiger partial charge on any atom is -0.507 e. The van der Waals surface area contributed by atoms with Crippen LogP contribution >= 0.6 is 11.6 Å². The number of para-hydroxylation sites is 1. The number of phenolic OH excluding ortho intramolecular Hbond substituents is 1. The molecule has 4 rings (SSSR count). The van der Waals surface area contributed by atoms with Gasteiger partial charge in [-0.3, -0.25) is 0 Å². The van der Waals surface area contributed by atoms with Gasteiger partial charge in [0.05, 0.1) is 5.56 Å². The highest BCUT2D eigenvalue weighted by atomic mass is 35.5. The van der Waals surface area contributed by atoms with Gasteiger partial charge in [0.2, 0.25) is 0 Å². The molecule has 0 spiro atoms. The topological polar surface area (TPSA) is 68.4 Å². The normalized spacial score (nSPS) is 10.7. The van der Waals surface area contributed by atoms with Crippen molar-refractivity contribution in [1.82, 2.24) is 10.1 Å². The van der Waals surface area contributed by atoms with Crippen LogP contribution in [0.4, 0.5) is 0 Å². The molecule has 6 heteroatoms. The Balaban J connectivity index is 1.59. The molecule has 27 heavy (non-hydrogen) atoms. The summed E-state index contributed by atoms with van der Waals surface area (Å²) in [6.07, 6.45) is 0.435. The number of benzene rings is 3. The quantitative estimate of drug-likeness (QED) is 0.498. The number of ether oxygens (including phenoxy) is 1. The summed E-state index contributed by atoms with van der Waals surface area (Å²) < 4.78 is 11.1. The van der Waals surface area contributed by atoms with Crippen LogP contribution in [-0.4, -0.2) is 15.2 Å². The third kappa shape index (κ3) is 3.93. The van der Waals surface area contributed by atoms with E-state index in [0.717, 1.165) is 5.56 Å². The third-order valence-corrected chi connectivity index (χ3v) is 4.32. The smallest absolute Gasteiger partial charge is 0.261 e. The molecule has 1 N–H and O–H groups in total. The molecule has 0 bridgehead atoms. The Morgan fingerprint density at radius 1 is 0.926 bits per heavy atom. The molecule has 0 aliphatic rings. The van der Waals surface area contributed by atoms with Crippen molar-refractivity contribution in [1.29, 1.82) is 0 Å². The maximum Gasteiger partial charge on any atom is 0.261 e. The van der Waals surface area contributed by atoms with Crippen LogP contribution in [0.15, 0.2) is 77.3 Å². The van der Waals surface area contributed by atoms with Gasteiger partial charge in [-0.05, 0) is 42.0 Å². The van der Waals surface area contributed by atoms with Gasteiger partial charge >= 0.3 is 0 Å². The molecule has 0 fully saturated rings. The number of halogens is 1. The van der Waals surface area contributed by atoms with Crippen molar-refractivity contribution in [2.75, 3.05) is 0 Å². The van der Waals surface area contributed by atoms with Gasteiger partial charge in [-0.25, -0.2) is 0 Å². The Bertz CT molecular complexity index is 1060. The zero-order chi connectivity index (χ0) is 18.6. The van der Waals surface area contributed by atoms with Crippen LogP contribution in [-0.2, 0) is 6.42 Å². The Labute approximate surface area is 160 Å². The average molecular weight is 379 g/mol. The highest BCUT2D eigenvalue weighted by Crippen LogP contribution is 2.33. The van der Waals surface area contributed by atoms with Crippen LogP contribution in [0.1, 0.15) is 11.4 Å². The summed E-state index contributed by atoms with van der Waals surface area (Å²) in [6, 6.07) is 21.7. The lowest BCUT2D eigenvalue weighted by atomic mass is 10.1. The first-order valence-electron chi connectivity index (χ1n) is 8.31. The molecule has 0 aliphatic heterocycles. The lowest BCUT2D eigenvalue weighted by Crippen LogP contribution is -1.92. The summed E-state index contributed by atoms with van der Waals surface area (Å²) in [7, 11) is 0. The molecular formula is C21H15ClN2O3. The lowest BCUT2D eigenvalue weighted by molar-refractivity contribution is 0.417. The van der Waals surface area contributed by atoms with Crippen LogP contribution in [0, 0.1) is 0 Å². The lowest BCUT2D eigenvalue weighted by Gasteiger charge is -2.07. The van der Waals surface area contributed by atoms with Crippen LogP contribution in [0.25, 0.3) is 11.5 Å². The summed E-state index contributed by atoms with van der Waals surface area (Å²) in [4.78, 5) is 4.37. The highest BCUT2D eigenvalue weighted by Gasteiger charge is 2.15. The van der Waals surface area contributed by atoms with E-state index < -0.39 is 0 Å². The van der Waals surface area contributed by atoms with Gasteiger partial charge in [-0.1, -0.05) is 53.2 Å². The summed E-state index contributed by atoms with van der Waals surface area (Å²) >= 11 is 6.18. The Kier molecular flexibility index (Phi) is 4.77. The van der Waals surface area contributed by atoms with Crippen molar-refractivity contribution in [3.05, 3.63) is 89.2 Å². The molecule has 3 aromatic carbocycles. The van der Waals surface area contributed by atoms with Crippen molar-refractivity contribution < 1.29 is 14.4 Å². The molecule has 0 saturated heterocycles. The van der Waals surface area contributed by atoms with E-state index in [1.54, 1.807) is 12.1 Å². The zero-order valence-electron chi connectivity index (χ0n) is 14.2. The fourth-order valence-electron chi connectivity index (χ4n) is 2.62. The van der Waals surface area contributed by atoms with Crippen molar-refractivity contribution in [2.24, 2.45) is 0 Å². The molecule has 1 aromatic heterocycles. The predicted octanol–water partition coefficient (Wildman–Crippen LogP) is 5.48. The molecular weight excluding hydrogens is 364 g/mol. The Morgan fingerprint density at radius 2 is 1.70 bits per heavy atom. The van der Waals surface area contributed by atoms with E-state index in [2.05, 4.69) is 10.1 Å². The maximum atomic E-state index is 10.2. The third-order valence-electron chi connectivity index (χ3n) is 3.95. The minimum atomic E-state index is 0.0309. The van der Waals surface area contributed by atoms with Crippen molar-refractivity contribution in [3.8, 4) is 28.7 Å². The van der Waals surface area contributed by atoms with E-state index >= 15 is 0 Å². The van der Waals surface area contributed by atoms with Gasteiger partial charge in [0, 0.05) is 11.4 Å². The van der Waals surface area contributed by atoms with E-state index in [4.69, 9.17) is 20.9 Å². The molecule has 1 heterocycles. The molecule has 0 unspecified atom stereocenters. The molecule has 0 saturated carbocycles. The second-order valence-electron chi connectivity index (χ2n) is 5.88. The van der Waals surface area contributed by atoms with Crippen LogP contribution < -0.4 is 4.74 Å². The van der Waals surface area contributed by atoms with E-state index in [9.17, 15) is 5.11 Å². The molecule has 0 radical (unpaired) electrons. The van der Waals surface area contributed by atoms with Gasteiger partial charge in [-0.2, -0.15) is 4.98 Å². The zero-order valence-corrected chi connectivity index (χ0v) is 14.9. The van der Waals surface area contributed by atoms with Crippen molar-refractivity contribution >= 4 is 11.6 Å². The summed E-state index contributed by atoms with van der Waals surface area (Å²) in [6.45, 7) is 0. The van der Waals surface area contributed by atoms with Gasteiger partial charge in [-0.15, -0.1) is 0 Å². The number of phenols is 1. The molecule has 0 aliphatic carbocycles. The average Bonchev–Trinajstić information content (AvgIpc) is 3.14. The number of hydrogen-bond acceptors (Lipinski definition) is 5. The van der Waals surface area contributed by atoms with Crippen molar-refractivity contribution in [3.63, 3.8) is 0 Å². The molecule has 0 amide bonds. The number of nitrogens with zero attached hydrogens (tertiary/aromatic N) is 2. The second-order valence-corrected chi connectivity index (χ2v) is 6.29. The largest absolute Gasteiger partial charge is 0.507 e. The number of aromatic hydroxyl groups is 1. The first kappa shape index (κ1) is 17.1. The summed E-state index contributed by atoms with van der Waals surface area (Å²) in [5, 5.41) is 14.8. The Morgan fingerprint density at radius 3 is 2.52 bits per heavy atom. The highest BCUT2D eigenvalue weighted by molar-refractivity contribution is 6.31. The van der Waals surface area contributed by atoms with Crippen LogP contribution in [0.5, 0.6) is 17.2 Å². The maximum absolute atomic E-state index is 10.2. The Hall–Kier alpha value is -3.31. The van der Waals surface area contributed by atoms with E-state index in [-0.39, 0.29) is 11.6 Å². The summed E-state index contributed by atoms with van der Waals surface area (Å²) in [5.41, 5.74) is 1.30. The molecule has 4 aromatic rings. The van der Waals surface area contributed by atoms with E-state index in [1.807, 2.05) is 54.6 Å². The predicted molar refractivity (Wildman–Crippen MR) is 102 cm³/mol. The standard InChI is InChI=1S/C21H15ClN2O3/c22-18-9-5-4-6-14(18)12-20-23-21(27-24-20)17-13-16(10-11-19(17)25)26-15-7-2-1-3-8-15/h1-11,13,25H,12H2. The fraction of sp³-hybridized carbons (Fsp3) is 0.0476. The summed E-state index contributed by atoms with van der Waals surface area (Å²) in [5.74, 6) is 1.97. The first-order valence-corrected chi connectivity index (χ1v) is 8.69. The van der Waals surface area contributed by atoms with Gasteiger partial charge in [0.25, 0.3) is 5.89 Å². The molecule has 0 atom stereocenters. The number of aromatic nitrogens is 2. The fourth-order valence-corrected chi connectivity index (χ4v) is 2.82. The van der Waals surface area contributed by atoms with E-state index in [1.165, 1.54) is 6.07 Å². The van der Waals surface area contributed by atoms with Crippen LogP contribution in [0.2, 0.25) is 5.02 Å². The van der Waals surface area contributed by atoms with E-state index in [0.29, 0.717) is 34.3 Å². The number of rotatable bonds is 5.